The number of benzene rings is 2. The van der Waals surface area contributed by atoms with E-state index < -0.39 is 5.97 Å². The van der Waals surface area contributed by atoms with Crippen molar-refractivity contribution in [1.29, 1.82) is 0 Å². The summed E-state index contributed by atoms with van der Waals surface area (Å²) in [5.74, 6) is 0.119. The van der Waals surface area contributed by atoms with Gasteiger partial charge in [-0.25, -0.2) is 0 Å². The van der Waals surface area contributed by atoms with Crippen LogP contribution in [-0.2, 0) is 17.6 Å². The minimum atomic E-state index is -0.731. The Kier molecular flexibility index (Phi) is 7.63. The molecule has 128 valence electrons. The number of carboxylic acids is 1. The first-order chi connectivity index (χ1) is 11.7. The summed E-state index contributed by atoms with van der Waals surface area (Å²) in [6, 6.07) is 17.8. The summed E-state index contributed by atoms with van der Waals surface area (Å²) < 4.78 is 5.43. The van der Waals surface area contributed by atoms with Crippen molar-refractivity contribution in [2.45, 2.75) is 25.7 Å². The van der Waals surface area contributed by atoms with Crippen molar-refractivity contribution in [3.8, 4) is 5.75 Å². The quantitative estimate of drug-likeness (QED) is 0.641. The SMILES string of the molecule is O=C(O)C(CCCc1ccccc1)Cc1ccc(OCCCl)cc1. The van der Waals surface area contributed by atoms with E-state index in [9.17, 15) is 9.90 Å². The molecule has 3 nitrogen and oxygen atoms in total. The molecule has 0 aromatic heterocycles. The van der Waals surface area contributed by atoms with Gasteiger partial charge in [-0.3, -0.25) is 4.79 Å². The fraction of sp³-hybridized carbons (Fsp3) is 0.350. The molecule has 2 rings (SSSR count). The number of rotatable bonds is 10. The standard InChI is InChI=1S/C20H23ClO3/c21-13-14-24-19-11-9-17(10-12-19)15-18(20(22)23)8-4-7-16-5-2-1-3-6-16/h1-3,5-6,9-12,18H,4,7-8,13-15H2,(H,22,23). The molecule has 0 amide bonds. The normalized spacial score (nSPS) is 11.9. The monoisotopic (exact) mass is 346 g/mol. The third-order valence-corrected chi connectivity index (χ3v) is 4.12. The average Bonchev–Trinajstić information content (AvgIpc) is 2.61. The Balaban J connectivity index is 1.85. The molecule has 24 heavy (non-hydrogen) atoms. The third-order valence-electron chi connectivity index (χ3n) is 3.96. The average molecular weight is 347 g/mol. The molecule has 2 aromatic carbocycles. The first-order valence-electron chi connectivity index (χ1n) is 8.23. The second kappa shape index (κ2) is 9.99. The maximum Gasteiger partial charge on any atom is 0.306 e. The molecule has 0 fully saturated rings. The Labute approximate surface area is 148 Å². The molecule has 1 N–H and O–H groups in total. The molecule has 4 heteroatoms. The number of carbonyl (C=O) groups is 1. The summed E-state index contributed by atoms with van der Waals surface area (Å²) in [7, 11) is 0. The number of hydrogen-bond acceptors (Lipinski definition) is 2. The topological polar surface area (TPSA) is 46.5 Å². The summed E-state index contributed by atoms with van der Waals surface area (Å²) in [5.41, 5.74) is 2.27. The molecule has 0 bridgehead atoms. The summed E-state index contributed by atoms with van der Waals surface area (Å²) in [6.07, 6.45) is 3.00. The molecule has 0 heterocycles. The fourth-order valence-electron chi connectivity index (χ4n) is 2.67. The van der Waals surface area contributed by atoms with Crippen LogP contribution in [-0.4, -0.2) is 23.6 Å². The van der Waals surface area contributed by atoms with Crippen LogP contribution in [0.1, 0.15) is 24.0 Å². The maximum atomic E-state index is 11.5. The van der Waals surface area contributed by atoms with Crippen LogP contribution >= 0.6 is 11.6 Å². The lowest BCUT2D eigenvalue weighted by Gasteiger charge is -2.13. The molecule has 0 aliphatic heterocycles. The van der Waals surface area contributed by atoms with Crippen molar-refractivity contribution >= 4 is 17.6 Å². The van der Waals surface area contributed by atoms with E-state index in [2.05, 4.69) is 12.1 Å². The number of aliphatic carboxylic acids is 1. The first kappa shape index (κ1) is 18.3. The predicted octanol–water partition coefficient (Wildman–Crippen LogP) is 4.57. The van der Waals surface area contributed by atoms with Gasteiger partial charge >= 0.3 is 5.97 Å². The first-order valence-corrected chi connectivity index (χ1v) is 8.77. The number of hydrogen-bond donors (Lipinski definition) is 1. The second-order valence-electron chi connectivity index (χ2n) is 5.80. The molecule has 2 aromatic rings. The van der Waals surface area contributed by atoms with E-state index in [0.717, 1.165) is 24.2 Å². The zero-order chi connectivity index (χ0) is 17.2. The van der Waals surface area contributed by atoms with Crippen LogP contribution in [0, 0.1) is 5.92 Å². The summed E-state index contributed by atoms with van der Waals surface area (Å²) >= 11 is 5.59. The van der Waals surface area contributed by atoms with Crippen LogP contribution in [0.5, 0.6) is 5.75 Å². The van der Waals surface area contributed by atoms with Gasteiger partial charge in [0.15, 0.2) is 0 Å². The van der Waals surface area contributed by atoms with Crippen LogP contribution in [0.4, 0.5) is 0 Å². The van der Waals surface area contributed by atoms with Gasteiger partial charge in [0.2, 0.25) is 0 Å². The Morgan fingerprint density at radius 2 is 1.75 bits per heavy atom. The van der Waals surface area contributed by atoms with Gasteiger partial charge in [-0.05, 0) is 48.9 Å². The summed E-state index contributed by atoms with van der Waals surface area (Å²) in [6.45, 7) is 0.470. The van der Waals surface area contributed by atoms with E-state index in [4.69, 9.17) is 16.3 Å². The van der Waals surface area contributed by atoms with Gasteiger partial charge < -0.3 is 9.84 Å². The van der Waals surface area contributed by atoms with Crippen molar-refractivity contribution in [1.82, 2.24) is 0 Å². The Bertz CT molecular complexity index is 611. The van der Waals surface area contributed by atoms with Crippen LogP contribution in [0.15, 0.2) is 54.6 Å². The molecule has 1 unspecified atom stereocenters. The van der Waals surface area contributed by atoms with Gasteiger partial charge in [0, 0.05) is 0 Å². The molecular weight excluding hydrogens is 324 g/mol. The van der Waals surface area contributed by atoms with Crippen LogP contribution in [0.3, 0.4) is 0 Å². The molecule has 0 spiro atoms. The van der Waals surface area contributed by atoms with E-state index in [0.29, 0.717) is 25.3 Å². The van der Waals surface area contributed by atoms with Gasteiger partial charge in [0.25, 0.3) is 0 Å². The lowest BCUT2D eigenvalue weighted by atomic mass is 9.93. The lowest BCUT2D eigenvalue weighted by molar-refractivity contribution is -0.141. The fourth-order valence-corrected chi connectivity index (χ4v) is 2.75. The Morgan fingerprint density at radius 3 is 2.38 bits per heavy atom. The molecule has 0 saturated carbocycles. The minimum absolute atomic E-state index is 0.358. The van der Waals surface area contributed by atoms with Crippen LogP contribution in [0.2, 0.25) is 0 Å². The van der Waals surface area contributed by atoms with Crippen molar-refractivity contribution in [3.63, 3.8) is 0 Å². The minimum Gasteiger partial charge on any atom is -0.492 e. The molecular formula is C20H23ClO3. The highest BCUT2D eigenvalue weighted by atomic mass is 35.5. The predicted molar refractivity (Wildman–Crippen MR) is 96.9 cm³/mol. The van der Waals surface area contributed by atoms with Crippen molar-refractivity contribution in [2.75, 3.05) is 12.5 Å². The van der Waals surface area contributed by atoms with Gasteiger partial charge in [0.05, 0.1) is 11.8 Å². The van der Waals surface area contributed by atoms with Gasteiger partial charge in [-0.2, -0.15) is 0 Å². The van der Waals surface area contributed by atoms with E-state index in [1.54, 1.807) is 0 Å². The van der Waals surface area contributed by atoms with Crippen LogP contribution < -0.4 is 4.74 Å². The van der Waals surface area contributed by atoms with Gasteiger partial charge in [-0.1, -0.05) is 42.5 Å². The molecule has 0 aliphatic carbocycles. The summed E-state index contributed by atoms with van der Waals surface area (Å²) in [5, 5.41) is 9.46. The molecule has 1 atom stereocenters. The van der Waals surface area contributed by atoms with Crippen molar-refractivity contribution < 1.29 is 14.6 Å². The van der Waals surface area contributed by atoms with E-state index >= 15 is 0 Å². The van der Waals surface area contributed by atoms with Crippen molar-refractivity contribution in [3.05, 3.63) is 65.7 Å². The number of alkyl halides is 1. The highest BCUT2D eigenvalue weighted by Crippen LogP contribution is 2.19. The highest BCUT2D eigenvalue weighted by molar-refractivity contribution is 6.18. The highest BCUT2D eigenvalue weighted by Gasteiger charge is 2.17. The van der Waals surface area contributed by atoms with E-state index in [-0.39, 0.29) is 5.92 Å². The zero-order valence-corrected chi connectivity index (χ0v) is 14.4. The Hall–Kier alpha value is -2.00. The number of carboxylic acid groups (broad SMARTS) is 1. The largest absolute Gasteiger partial charge is 0.492 e. The number of halogens is 1. The summed E-state index contributed by atoms with van der Waals surface area (Å²) in [4.78, 5) is 11.5. The molecule has 0 saturated heterocycles. The van der Waals surface area contributed by atoms with E-state index in [1.807, 2.05) is 42.5 Å². The van der Waals surface area contributed by atoms with Crippen LogP contribution in [0.25, 0.3) is 0 Å². The van der Waals surface area contributed by atoms with Gasteiger partial charge in [0.1, 0.15) is 12.4 Å². The third kappa shape index (κ3) is 6.25. The Morgan fingerprint density at radius 1 is 1.04 bits per heavy atom. The van der Waals surface area contributed by atoms with E-state index in [1.165, 1.54) is 5.56 Å². The smallest absolute Gasteiger partial charge is 0.306 e. The second-order valence-corrected chi connectivity index (χ2v) is 6.18. The number of aryl methyl sites for hydroxylation is 1. The lowest BCUT2D eigenvalue weighted by Crippen LogP contribution is -2.16. The molecule has 0 radical (unpaired) electrons. The molecule has 0 aliphatic rings. The van der Waals surface area contributed by atoms with Gasteiger partial charge in [-0.15, -0.1) is 11.6 Å². The maximum absolute atomic E-state index is 11.5. The number of ether oxygens (including phenoxy) is 1. The zero-order valence-electron chi connectivity index (χ0n) is 13.7. The van der Waals surface area contributed by atoms with Crippen molar-refractivity contribution in [2.24, 2.45) is 5.92 Å².